The second-order valence-electron chi connectivity index (χ2n) is 5.73. The minimum Gasteiger partial charge on any atom is -0.343 e. The fourth-order valence-corrected chi connectivity index (χ4v) is 3.82. The molecule has 2 aromatic rings. The fraction of sp³-hybridized carbons (Fsp3) is 0.375. The van der Waals surface area contributed by atoms with Crippen LogP contribution >= 0.6 is 22.9 Å². The van der Waals surface area contributed by atoms with Gasteiger partial charge in [0.25, 0.3) is 11.8 Å². The second-order valence-corrected chi connectivity index (χ2v) is 7.20. The van der Waals surface area contributed by atoms with Crippen LogP contribution in [0, 0.1) is 0 Å². The summed E-state index contributed by atoms with van der Waals surface area (Å²) in [6.45, 7) is 1.14. The maximum absolute atomic E-state index is 12.6. The van der Waals surface area contributed by atoms with Gasteiger partial charge in [-0.2, -0.15) is 0 Å². The molecule has 2 aromatic heterocycles. The molecule has 0 bridgehead atoms. The number of hydrogen-bond acceptors (Lipinski definition) is 5. The zero-order valence-electron chi connectivity index (χ0n) is 13.5. The molecular weight excluding hydrogens is 348 g/mol. The Morgan fingerprint density at radius 3 is 2.67 bits per heavy atom. The molecule has 3 heterocycles. The molecule has 24 heavy (non-hydrogen) atoms. The van der Waals surface area contributed by atoms with Gasteiger partial charge in [0.05, 0.1) is 5.69 Å². The van der Waals surface area contributed by atoms with E-state index in [0.29, 0.717) is 41.8 Å². The number of amides is 2. The highest BCUT2D eigenvalue weighted by Gasteiger charge is 2.25. The third-order valence-corrected chi connectivity index (χ3v) is 5.17. The van der Waals surface area contributed by atoms with Crippen LogP contribution in [-0.4, -0.2) is 58.8 Å². The van der Waals surface area contributed by atoms with Gasteiger partial charge >= 0.3 is 0 Å². The Balaban J connectivity index is 1.73. The smallest absolute Gasteiger partial charge is 0.282 e. The van der Waals surface area contributed by atoms with Crippen LogP contribution in [0.15, 0.2) is 18.2 Å². The van der Waals surface area contributed by atoms with Gasteiger partial charge in [0, 0.05) is 44.9 Å². The van der Waals surface area contributed by atoms with E-state index in [-0.39, 0.29) is 11.8 Å². The molecule has 0 unspecified atom stereocenters. The average molecular weight is 365 g/mol. The zero-order chi connectivity index (χ0) is 17.3. The average Bonchev–Trinajstić information content (AvgIpc) is 2.86. The predicted octanol–water partition coefficient (Wildman–Crippen LogP) is 2.13. The van der Waals surface area contributed by atoms with Crippen LogP contribution in [0.3, 0.4) is 0 Å². The first-order valence-corrected chi connectivity index (χ1v) is 8.77. The Bertz CT molecular complexity index is 765. The molecule has 2 amide bonds. The van der Waals surface area contributed by atoms with Crippen LogP contribution in [-0.2, 0) is 12.8 Å². The molecule has 1 aliphatic rings. The summed E-state index contributed by atoms with van der Waals surface area (Å²) in [5.41, 5.74) is 1.27. The van der Waals surface area contributed by atoms with E-state index in [1.54, 1.807) is 37.2 Å². The summed E-state index contributed by atoms with van der Waals surface area (Å²) in [5, 5.41) is 0.824. The lowest BCUT2D eigenvalue weighted by molar-refractivity contribution is 0.0755. The summed E-state index contributed by atoms with van der Waals surface area (Å²) < 4.78 is 0. The first-order valence-electron chi connectivity index (χ1n) is 7.58. The van der Waals surface area contributed by atoms with E-state index in [4.69, 9.17) is 11.6 Å². The molecule has 8 heteroatoms. The SMILES string of the molecule is CN(C)C(=O)c1nc2c(s1)CCN(C(=O)c1cccc(Cl)n1)CC2. The molecule has 0 saturated carbocycles. The van der Waals surface area contributed by atoms with E-state index < -0.39 is 0 Å². The molecule has 0 N–H and O–H groups in total. The van der Waals surface area contributed by atoms with Gasteiger partial charge in [0.1, 0.15) is 10.8 Å². The lowest BCUT2D eigenvalue weighted by Gasteiger charge is -2.19. The molecule has 1 aliphatic heterocycles. The summed E-state index contributed by atoms with van der Waals surface area (Å²) in [6.07, 6.45) is 1.33. The molecule has 3 rings (SSSR count). The number of nitrogens with zero attached hydrogens (tertiary/aromatic N) is 4. The van der Waals surface area contributed by atoms with Gasteiger partial charge in [0.2, 0.25) is 0 Å². The van der Waals surface area contributed by atoms with Crippen molar-refractivity contribution in [3.8, 4) is 0 Å². The van der Waals surface area contributed by atoms with Crippen molar-refractivity contribution in [1.29, 1.82) is 0 Å². The van der Waals surface area contributed by atoms with Crippen LogP contribution < -0.4 is 0 Å². The monoisotopic (exact) mass is 364 g/mol. The molecule has 0 aromatic carbocycles. The van der Waals surface area contributed by atoms with Crippen LogP contribution in [0.25, 0.3) is 0 Å². The van der Waals surface area contributed by atoms with Crippen molar-refractivity contribution in [3.05, 3.63) is 44.6 Å². The minimum atomic E-state index is -0.128. The lowest BCUT2D eigenvalue weighted by Crippen LogP contribution is -2.34. The Labute approximate surface area is 149 Å². The number of carbonyl (C=O) groups excluding carboxylic acids is 2. The minimum absolute atomic E-state index is 0.0795. The molecule has 0 spiro atoms. The lowest BCUT2D eigenvalue weighted by atomic mass is 10.2. The summed E-state index contributed by atoms with van der Waals surface area (Å²) in [4.78, 5) is 37.5. The highest BCUT2D eigenvalue weighted by Crippen LogP contribution is 2.24. The number of halogens is 1. The van der Waals surface area contributed by atoms with Gasteiger partial charge in [0.15, 0.2) is 5.01 Å². The summed E-state index contributed by atoms with van der Waals surface area (Å²) in [6, 6.07) is 5.03. The van der Waals surface area contributed by atoms with Crippen molar-refractivity contribution >= 4 is 34.8 Å². The van der Waals surface area contributed by atoms with Crippen molar-refractivity contribution in [2.45, 2.75) is 12.8 Å². The third-order valence-electron chi connectivity index (χ3n) is 3.82. The van der Waals surface area contributed by atoms with Gasteiger partial charge < -0.3 is 9.80 Å². The Morgan fingerprint density at radius 2 is 1.96 bits per heavy atom. The van der Waals surface area contributed by atoms with Gasteiger partial charge in [-0.25, -0.2) is 9.97 Å². The van der Waals surface area contributed by atoms with Gasteiger partial charge in [-0.05, 0) is 12.1 Å². The molecule has 126 valence electrons. The number of fused-ring (bicyclic) bond motifs is 1. The highest BCUT2D eigenvalue weighted by atomic mass is 35.5. The quantitative estimate of drug-likeness (QED) is 0.766. The molecule has 6 nitrogen and oxygen atoms in total. The molecule has 0 fully saturated rings. The maximum atomic E-state index is 12.6. The largest absolute Gasteiger partial charge is 0.343 e. The van der Waals surface area contributed by atoms with Crippen LogP contribution in [0.2, 0.25) is 5.15 Å². The summed E-state index contributed by atoms with van der Waals surface area (Å²) in [7, 11) is 3.43. The Kier molecular flexibility index (Phi) is 4.82. The topological polar surface area (TPSA) is 66.4 Å². The maximum Gasteiger partial charge on any atom is 0.282 e. The normalized spacial score (nSPS) is 14.0. The van der Waals surface area contributed by atoms with Gasteiger partial charge in [-0.15, -0.1) is 11.3 Å². The number of carbonyl (C=O) groups is 2. The first kappa shape index (κ1) is 16.9. The molecule has 0 atom stereocenters. The van der Waals surface area contributed by atoms with Crippen molar-refractivity contribution in [3.63, 3.8) is 0 Å². The van der Waals surface area contributed by atoms with Crippen LogP contribution in [0.5, 0.6) is 0 Å². The van der Waals surface area contributed by atoms with Gasteiger partial charge in [-0.3, -0.25) is 9.59 Å². The van der Waals surface area contributed by atoms with E-state index in [2.05, 4.69) is 9.97 Å². The Morgan fingerprint density at radius 1 is 1.21 bits per heavy atom. The van der Waals surface area contributed by atoms with Crippen molar-refractivity contribution in [2.24, 2.45) is 0 Å². The third kappa shape index (κ3) is 3.42. The van der Waals surface area contributed by atoms with E-state index >= 15 is 0 Å². The summed E-state index contributed by atoms with van der Waals surface area (Å²) in [5.74, 6) is -0.207. The first-order chi connectivity index (χ1) is 11.5. The summed E-state index contributed by atoms with van der Waals surface area (Å²) >= 11 is 7.28. The van der Waals surface area contributed by atoms with Crippen LogP contribution in [0.4, 0.5) is 0 Å². The molecule has 0 saturated heterocycles. The predicted molar refractivity (Wildman–Crippen MR) is 92.7 cm³/mol. The Hall–Kier alpha value is -1.99. The standard InChI is InChI=1S/C16H17ClN4O2S/c1-20(2)16(23)14-19-10-6-8-21(9-7-12(10)24-14)15(22)11-4-3-5-13(17)18-11/h3-5H,6-9H2,1-2H3. The number of aromatic nitrogens is 2. The zero-order valence-corrected chi connectivity index (χ0v) is 15.0. The molecule has 0 radical (unpaired) electrons. The highest BCUT2D eigenvalue weighted by molar-refractivity contribution is 7.13. The number of thiazole rings is 1. The van der Waals surface area contributed by atoms with Gasteiger partial charge in [-0.1, -0.05) is 17.7 Å². The molecular formula is C16H17ClN4O2S. The van der Waals surface area contributed by atoms with E-state index in [0.717, 1.165) is 10.6 Å². The van der Waals surface area contributed by atoms with E-state index in [1.807, 2.05) is 0 Å². The second kappa shape index (κ2) is 6.86. The van der Waals surface area contributed by atoms with Crippen molar-refractivity contribution in [2.75, 3.05) is 27.2 Å². The van der Waals surface area contributed by atoms with Crippen molar-refractivity contribution in [1.82, 2.24) is 19.8 Å². The molecule has 0 aliphatic carbocycles. The number of pyridine rings is 1. The van der Waals surface area contributed by atoms with E-state index in [1.165, 1.54) is 16.2 Å². The van der Waals surface area contributed by atoms with Crippen LogP contribution in [0.1, 0.15) is 30.9 Å². The van der Waals surface area contributed by atoms with E-state index in [9.17, 15) is 9.59 Å². The number of rotatable bonds is 2. The van der Waals surface area contributed by atoms with Crippen molar-refractivity contribution < 1.29 is 9.59 Å². The fourth-order valence-electron chi connectivity index (χ4n) is 2.54. The number of hydrogen-bond donors (Lipinski definition) is 0.